The number of thiophene rings is 1. The van der Waals surface area contributed by atoms with Crippen molar-refractivity contribution in [3.63, 3.8) is 0 Å². The zero-order valence-electron chi connectivity index (χ0n) is 12.1. The van der Waals surface area contributed by atoms with Gasteiger partial charge in [-0.2, -0.15) is 0 Å². The summed E-state index contributed by atoms with van der Waals surface area (Å²) in [6.45, 7) is 9.15. The van der Waals surface area contributed by atoms with Crippen LogP contribution in [-0.4, -0.2) is 18.6 Å². The molecule has 104 valence electrons. The van der Waals surface area contributed by atoms with E-state index in [9.17, 15) is 0 Å². The highest BCUT2D eigenvalue weighted by molar-refractivity contribution is 7.10. The van der Waals surface area contributed by atoms with Crippen LogP contribution in [-0.2, 0) is 11.2 Å². The zero-order valence-corrected chi connectivity index (χ0v) is 12.9. The summed E-state index contributed by atoms with van der Waals surface area (Å²) in [4.78, 5) is 3.44. The van der Waals surface area contributed by atoms with Gasteiger partial charge in [0.05, 0.1) is 6.61 Å². The number of rotatable bonds is 5. The van der Waals surface area contributed by atoms with Gasteiger partial charge >= 0.3 is 0 Å². The monoisotopic (exact) mass is 277 g/mol. The molecule has 0 saturated carbocycles. The van der Waals surface area contributed by atoms with Gasteiger partial charge in [0.15, 0.2) is 0 Å². The fourth-order valence-corrected chi connectivity index (χ4v) is 3.28. The second-order valence-corrected chi connectivity index (χ2v) is 6.03. The number of allylic oxidation sites excluding steroid dienone is 1. The van der Waals surface area contributed by atoms with Gasteiger partial charge in [-0.3, -0.25) is 0 Å². The lowest BCUT2D eigenvalue weighted by atomic mass is 10.0. The molecule has 0 aliphatic carbocycles. The minimum Gasteiger partial charge on any atom is -0.366 e. The van der Waals surface area contributed by atoms with Gasteiger partial charge in [0.25, 0.3) is 0 Å². The largest absolute Gasteiger partial charge is 0.366 e. The highest BCUT2D eigenvalue weighted by Crippen LogP contribution is 2.38. The molecule has 0 amide bonds. The first kappa shape index (κ1) is 14.4. The van der Waals surface area contributed by atoms with E-state index in [0.29, 0.717) is 5.92 Å². The molecule has 0 bridgehead atoms. The predicted octanol–water partition coefficient (Wildman–Crippen LogP) is 4.37. The minimum atomic E-state index is 0.0701. The van der Waals surface area contributed by atoms with Crippen molar-refractivity contribution in [2.24, 2.45) is 5.92 Å². The zero-order chi connectivity index (χ0) is 13.8. The number of nitrogens with zero attached hydrogens (tertiary/aromatic N) is 1. The summed E-state index contributed by atoms with van der Waals surface area (Å²) >= 11 is 1.80. The van der Waals surface area contributed by atoms with Crippen molar-refractivity contribution in [1.82, 2.24) is 4.90 Å². The molecule has 1 aliphatic rings. The highest BCUT2D eigenvalue weighted by Gasteiger charge is 2.27. The molecule has 2 unspecified atom stereocenters. The Balaban J connectivity index is 2.35. The molecule has 1 aromatic rings. The van der Waals surface area contributed by atoms with Crippen molar-refractivity contribution in [3.05, 3.63) is 46.4 Å². The van der Waals surface area contributed by atoms with Crippen molar-refractivity contribution in [3.8, 4) is 0 Å². The Morgan fingerprint density at radius 1 is 1.68 bits per heavy atom. The Morgan fingerprint density at radius 3 is 3.16 bits per heavy atom. The van der Waals surface area contributed by atoms with Gasteiger partial charge in [0.1, 0.15) is 6.10 Å². The fraction of sp³-hybridized carbons (Fsp3) is 0.500. The number of fused-ring (bicyclic) bond motifs is 1. The Kier molecular flexibility index (Phi) is 4.83. The Labute approximate surface area is 120 Å². The van der Waals surface area contributed by atoms with Crippen LogP contribution in [0.1, 0.15) is 36.8 Å². The summed E-state index contributed by atoms with van der Waals surface area (Å²) in [6, 6.07) is 2.23. The van der Waals surface area contributed by atoms with Gasteiger partial charge in [-0.15, -0.1) is 11.3 Å². The maximum Gasteiger partial charge on any atom is 0.131 e. The second kappa shape index (κ2) is 6.40. The Bertz CT molecular complexity index is 463. The van der Waals surface area contributed by atoms with Gasteiger partial charge < -0.3 is 9.64 Å². The van der Waals surface area contributed by atoms with Gasteiger partial charge in [-0.05, 0) is 35.5 Å². The Morgan fingerprint density at radius 2 is 2.47 bits per heavy atom. The molecule has 1 aromatic heterocycles. The summed E-state index contributed by atoms with van der Waals surface area (Å²) < 4.78 is 6.05. The van der Waals surface area contributed by atoms with Crippen molar-refractivity contribution in [2.45, 2.75) is 32.8 Å². The maximum absolute atomic E-state index is 6.05. The molecular weight excluding hydrogens is 254 g/mol. The molecule has 2 rings (SSSR count). The van der Waals surface area contributed by atoms with Crippen LogP contribution in [0.5, 0.6) is 0 Å². The second-order valence-electron chi connectivity index (χ2n) is 5.08. The summed E-state index contributed by atoms with van der Waals surface area (Å²) in [7, 11) is 2.05. The SMILES string of the molecule is C=CN(C)/C(=C\C(C)CC)C1OCCc2ccsc21. The normalized spacial score (nSPS) is 20.8. The van der Waals surface area contributed by atoms with Crippen LogP contribution < -0.4 is 0 Å². The molecule has 19 heavy (non-hydrogen) atoms. The van der Waals surface area contributed by atoms with Crippen LogP contribution in [0, 0.1) is 5.92 Å². The average molecular weight is 277 g/mol. The predicted molar refractivity (Wildman–Crippen MR) is 82.2 cm³/mol. The number of hydrogen-bond acceptors (Lipinski definition) is 3. The first-order chi connectivity index (χ1) is 9.17. The van der Waals surface area contributed by atoms with E-state index < -0.39 is 0 Å². The quantitative estimate of drug-likeness (QED) is 0.792. The fourth-order valence-electron chi connectivity index (χ4n) is 2.27. The molecule has 0 aromatic carbocycles. The van der Waals surface area contributed by atoms with E-state index in [4.69, 9.17) is 4.74 Å². The topological polar surface area (TPSA) is 12.5 Å². The van der Waals surface area contributed by atoms with Crippen LogP contribution in [0.2, 0.25) is 0 Å². The highest BCUT2D eigenvalue weighted by atomic mass is 32.1. The van der Waals surface area contributed by atoms with Crippen LogP contribution >= 0.6 is 11.3 Å². The number of hydrogen-bond donors (Lipinski definition) is 0. The van der Waals surface area contributed by atoms with E-state index >= 15 is 0 Å². The lowest BCUT2D eigenvalue weighted by Crippen LogP contribution is -2.24. The molecule has 2 atom stereocenters. The minimum absolute atomic E-state index is 0.0701. The third kappa shape index (κ3) is 3.10. The van der Waals surface area contributed by atoms with E-state index in [1.807, 2.05) is 13.2 Å². The van der Waals surface area contributed by atoms with E-state index in [-0.39, 0.29) is 6.10 Å². The van der Waals surface area contributed by atoms with Crippen LogP contribution in [0.15, 0.2) is 36.0 Å². The van der Waals surface area contributed by atoms with Gasteiger partial charge in [-0.25, -0.2) is 0 Å². The van der Waals surface area contributed by atoms with Gasteiger partial charge in [0, 0.05) is 17.6 Å². The molecule has 0 saturated heterocycles. The van der Waals surface area contributed by atoms with Crippen LogP contribution in [0.25, 0.3) is 0 Å². The molecule has 2 heterocycles. The van der Waals surface area contributed by atoms with Crippen LogP contribution in [0.4, 0.5) is 0 Å². The first-order valence-corrected chi connectivity index (χ1v) is 7.80. The average Bonchev–Trinajstić information content (AvgIpc) is 2.92. The van der Waals surface area contributed by atoms with E-state index in [1.165, 1.54) is 16.1 Å². The first-order valence-electron chi connectivity index (χ1n) is 6.92. The summed E-state index contributed by atoms with van der Waals surface area (Å²) in [5, 5.41) is 2.17. The molecule has 0 radical (unpaired) electrons. The van der Waals surface area contributed by atoms with Crippen LogP contribution in [0.3, 0.4) is 0 Å². The maximum atomic E-state index is 6.05. The van der Waals surface area contributed by atoms with Crippen molar-refractivity contribution < 1.29 is 4.74 Å². The molecule has 2 nitrogen and oxygen atoms in total. The summed E-state index contributed by atoms with van der Waals surface area (Å²) in [6.07, 6.45) is 6.42. The standard InChI is InChI=1S/C16H23NOS/c1-5-12(3)11-14(17(4)6-2)15-16-13(7-9-18-15)8-10-19-16/h6,8,10-12,15H,2,5,7,9H2,1,3-4H3/b14-11-. The van der Waals surface area contributed by atoms with Crippen molar-refractivity contribution in [2.75, 3.05) is 13.7 Å². The molecule has 3 heteroatoms. The van der Waals surface area contributed by atoms with E-state index in [0.717, 1.165) is 19.4 Å². The van der Waals surface area contributed by atoms with Gasteiger partial charge in [-0.1, -0.05) is 32.9 Å². The smallest absolute Gasteiger partial charge is 0.131 e. The third-order valence-corrected chi connectivity index (χ3v) is 4.73. The number of ether oxygens (including phenoxy) is 1. The van der Waals surface area contributed by atoms with E-state index in [1.54, 1.807) is 11.3 Å². The summed E-state index contributed by atoms with van der Waals surface area (Å²) in [5.41, 5.74) is 2.65. The summed E-state index contributed by atoms with van der Waals surface area (Å²) in [5.74, 6) is 0.548. The van der Waals surface area contributed by atoms with Gasteiger partial charge in [0.2, 0.25) is 0 Å². The van der Waals surface area contributed by atoms with Crippen molar-refractivity contribution in [1.29, 1.82) is 0 Å². The Hall–Kier alpha value is -1.06. The number of likely N-dealkylation sites (N-methyl/N-ethyl adjacent to an activating group) is 1. The molecule has 0 spiro atoms. The van der Waals surface area contributed by atoms with Crippen molar-refractivity contribution >= 4 is 11.3 Å². The van der Waals surface area contributed by atoms with E-state index in [2.05, 4.69) is 42.8 Å². The lowest BCUT2D eigenvalue weighted by Gasteiger charge is -2.30. The third-order valence-electron chi connectivity index (χ3n) is 3.72. The molecular formula is C16H23NOS. The molecule has 0 fully saturated rings. The molecule has 0 N–H and O–H groups in total. The lowest BCUT2D eigenvalue weighted by molar-refractivity contribution is 0.0563. The molecule has 1 aliphatic heterocycles.